The SMILES string of the molecule is CCc1cccc(Cl)c1-c1cc(F)cc(C(=O)NCCC(=O)O)c1. The number of benzene rings is 2. The Morgan fingerprint density at radius 1 is 1.25 bits per heavy atom. The molecule has 0 aliphatic rings. The minimum Gasteiger partial charge on any atom is -0.481 e. The molecule has 126 valence electrons. The van der Waals surface area contributed by atoms with Crippen LogP contribution in [0.1, 0.15) is 29.3 Å². The molecule has 0 aromatic heterocycles. The number of amides is 1. The molecule has 2 aromatic rings. The van der Waals surface area contributed by atoms with Crippen molar-refractivity contribution in [2.24, 2.45) is 0 Å². The molecule has 2 rings (SSSR count). The highest BCUT2D eigenvalue weighted by atomic mass is 35.5. The molecule has 0 heterocycles. The van der Waals surface area contributed by atoms with E-state index in [1.54, 1.807) is 12.1 Å². The number of aliphatic carboxylic acids is 1. The van der Waals surface area contributed by atoms with E-state index >= 15 is 0 Å². The molecule has 2 N–H and O–H groups in total. The van der Waals surface area contributed by atoms with E-state index < -0.39 is 17.7 Å². The van der Waals surface area contributed by atoms with Crippen molar-refractivity contribution in [3.05, 3.63) is 58.4 Å². The zero-order valence-electron chi connectivity index (χ0n) is 13.1. The minimum atomic E-state index is -1.01. The highest BCUT2D eigenvalue weighted by Crippen LogP contribution is 2.32. The normalized spacial score (nSPS) is 10.5. The zero-order chi connectivity index (χ0) is 17.7. The van der Waals surface area contributed by atoms with Gasteiger partial charge in [-0.15, -0.1) is 0 Å². The van der Waals surface area contributed by atoms with Crippen LogP contribution in [0.3, 0.4) is 0 Å². The summed E-state index contributed by atoms with van der Waals surface area (Å²) in [5.74, 6) is -2.10. The fourth-order valence-electron chi connectivity index (χ4n) is 2.44. The molecule has 6 heteroatoms. The number of halogens is 2. The van der Waals surface area contributed by atoms with E-state index in [2.05, 4.69) is 5.32 Å². The zero-order valence-corrected chi connectivity index (χ0v) is 13.9. The van der Waals surface area contributed by atoms with Gasteiger partial charge in [-0.25, -0.2) is 4.39 Å². The predicted molar refractivity (Wildman–Crippen MR) is 90.8 cm³/mol. The first-order chi connectivity index (χ1) is 11.4. The van der Waals surface area contributed by atoms with Crippen molar-refractivity contribution in [3.63, 3.8) is 0 Å². The van der Waals surface area contributed by atoms with E-state index in [4.69, 9.17) is 16.7 Å². The highest BCUT2D eigenvalue weighted by Gasteiger charge is 2.14. The topological polar surface area (TPSA) is 66.4 Å². The number of hydrogen-bond acceptors (Lipinski definition) is 2. The Kier molecular flexibility index (Phi) is 5.93. The quantitative estimate of drug-likeness (QED) is 0.830. The lowest BCUT2D eigenvalue weighted by Crippen LogP contribution is -2.26. The molecular weight excluding hydrogens is 333 g/mol. The summed E-state index contributed by atoms with van der Waals surface area (Å²) in [4.78, 5) is 22.6. The molecule has 0 spiro atoms. The first-order valence-electron chi connectivity index (χ1n) is 7.50. The third-order valence-electron chi connectivity index (χ3n) is 3.55. The fraction of sp³-hybridized carbons (Fsp3) is 0.222. The number of nitrogens with one attached hydrogen (secondary N) is 1. The van der Waals surface area contributed by atoms with Crippen LogP contribution in [0.4, 0.5) is 4.39 Å². The number of hydrogen-bond donors (Lipinski definition) is 2. The number of carbonyl (C=O) groups excluding carboxylic acids is 1. The summed E-state index contributed by atoms with van der Waals surface area (Å²) < 4.78 is 14.0. The van der Waals surface area contributed by atoms with Crippen LogP contribution < -0.4 is 5.32 Å². The Morgan fingerprint density at radius 3 is 2.67 bits per heavy atom. The van der Waals surface area contributed by atoms with E-state index in [0.29, 0.717) is 22.6 Å². The molecule has 0 aliphatic heterocycles. The molecule has 0 bridgehead atoms. The van der Waals surface area contributed by atoms with Crippen molar-refractivity contribution < 1.29 is 19.1 Å². The molecule has 4 nitrogen and oxygen atoms in total. The maximum atomic E-state index is 14.0. The molecular formula is C18H17ClFNO3. The van der Waals surface area contributed by atoms with Gasteiger partial charge in [0.2, 0.25) is 0 Å². The van der Waals surface area contributed by atoms with Gasteiger partial charge in [-0.05, 0) is 41.8 Å². The lowest BCUT2D eigenvalue weighted by atomic mass is 9.96. The van der Waals surface area contributed by atoms with Gasteiger partial charge in [0.25, 0.3) is 5.91 Å². The van der Waals surface area contributed by atoms with E-state index in [1.165, 1.54) is 6.07 Å². The molecule has 0 fully saturated rings. The largest absolute Gasteiger partial charge is 0.481 e. The van der Waals surface area contributed by atoms with E-state index in [9.17, 15) is 14.0 Å². The van der Waals surface area contributed by atoms with Gasteiger partial charge in [-0.2, -0.15) is 0 Å². The lowest BCUT2D eigenvalue weighted by Gasteiger charge is -2.12. The highest BCUT2D eigenvalue weighted by molar-refractivity contribution is 6.33. The Balaban J connectivity index is 2.36. The molecule has 0 radical (unpaired) electrons. The minimum absolute atomic E-state index is 0.0215. The van der Waals surface area contributed by atoms with E-state index in [-0.39, 0.29) is 18.5 Å². The van der Waals surface area contributed by atoms with Gasteiger partial charge in [0.1, 0.15) is 5.82 Å². The van der Waals surface area contributed by atoms with Crippen LogP contribution in [0, 0.1) is 5.82 Å². The van der Waals surface area contributed by atoms with Gasteiger partial charge in [0.05, 0.1) is 6.42 Å². The standard InChI is InChI=1S/C18H17ClFNO3/c1-2-11-4-3-5-15(19)17(11)12-8-13(10-14(20)9-12)18(24)21-7-6-16(22)23/h3-5,8-10H,2,6-7H2,1H3,(H,21,24)(H,22,23). The maximum Gasteiger partial charge on any atom is 0.305 e. The third kappa shape index (κ3) is 4.32. The van der Waals surface area contributed by atoms with Crippen LogP contribution >= 0.6 is 11.6 Å². The Labute approximate surface area is 144 Å². The second-order valence-corrected chi connectivity index (χ2v) is 5.66. The molecule has 0 saturated carbocycles. The van der Waals surface area contributed by atoms with Crippen molar-refractivity contribution in [1.82, 2.24) is 5.32 Å². The van der Waals surface area contributed by atoms with Gasteiger partial charge >= 0.3 is 5.97 Å². The second-order valence-electron chi connectivity index (χ2n) is 5.26. The van der Waals surface area contributed by atoms with Crippen molar-refractivity contribution in [3.8, 4) is 11.1 Å². The van der Waals surface area contributed by atoms with Gasteiger partial charge in [-0.3, -0.25) is 9.59 Å². The van der Waals surface area contributed by atoms with Gasteiger partial charge in [0, 0.05) is 22.7 Å². The Bertz CT molecular complexity index is 777. The van der Waals surface area contributed by atoms with Crippen molar-refractivity contribution in [2.75, 3.05) is 6.54 Å². The van der Waals surface area contributed by atoms with Gasteiger partial charge in [0.15, 0.2) is 0 Å². The summed E-state index contributed by atoms with van der Waals surface area (Å²) in [6.07, 6.45) is 0.519. The molecule has 0 unspecified atom stereocenters. The van der Waals surface area contributed by atoms with Crippen LogP contribution in [0.5, 0.6) is 0 Å². The summed E-state index contributed by atoms with van der Waals surface area (Å²) in [6, 6.07) is 9.44. The van der Waals surface area contributed by atoms with Gasteiger partial charge < -0.3 is 10.4 Å². The average Bonchev–Trinajstić information content (AvgIpc) is 2.53. The molecule has 0 saturated heterocycles. The van der Waals surface area contributed by atoms with Crippen LogP contribution in [0.15, 0.2) is 36.4 Å². The summed E-state index contributed by atoms with van der Waals surface area (Å²) in [7, 11) is 0. The summed E-state index contributed by atoms with van der Waals surface area (Å²) in [5, 5.41) is 11.5. The van der Waals surface area contributed by atoms with Crippen LogP contribution in [0.25, 0.3) is 11.1 Å². The maximum absolute atomic E-state index is 14.0. The Hall–Kier alpha value is -2.40. The first kappa shape index (κ1) is 17.9. The van der Waals surface area contributed by atoms with Gasteiger partial charge in [-0.1, -0.05) is 30.7 Å². The fourth-order valence-corrected chi connectivity index (χ4v) is 2.74. The number of aryl methyl sites for hydroxylation is 1. The van der Waals surface area contributed by atoms with Crippen molar-refractivity contribution >= 4 is 23.5 Å². The van der Waals surface area contributed by atoms with Crippen LogP contribution in [-0.4, -0.2) is 23.5 Å². The smallest absolute Gasteiger partial charge is 0.305 e. The lowest BCUT2D eigenvalue weighted by molar-refractivity contribution is -0.136. The van der Waals surface area contributed by atoms with Crippen LogP contribution in [-0.2, 0) is 11.2 Å². The van der Waals surface area contributed by atoms with Crippen molar-refractivity contribution in [1.29, 1.82) is 0 Å². The number of carbonyl (C=O) groups is 2. The summed E-state index contributed by atoms with van der Waals surface area (Å²) >= 11 is 6.26. The first-order valence-corrected chi connectivity index (χ1v) is 7.88. The molecule has 24 heavy (non-hydrogen) atoms. The average molecular weight is 350 g/mol. The third-order valence-corrected chi connectivity index (χ3v) is 3.87. The van der Waals surface area contributed by atoms with E-state index in [1.807, 2.05) is 19.1 Å². The molecule has 0 atom stereocenters. The number of rotatable bonds is 6. The second kappa shape index (κ2) is 7.93. The molecule has 0 aliphatic carbocycles. The Morgan fingerprint density at radius 2 is 2.00 bits per heavy atom. The van der Waals surface area contributed by atoms with Crippen molar-refractivity contribution in [2.45, 2.75) is 19.8 Å². The number of carboxylic acids is 1. The summed E-state index contributed by atoms with van der Waals surface area (Å²) in [6.45, 7) is 1.94. The van der Waals surface area contributed by atoms with Crippen LogP contribution in [0.2, 0.25) is 5.02 Å². The molecule has 1 amide bonds. The van der Waals surface area contributed by atoms with E-state index in [0.717, 1.165) is 11.6 Å². The monoisotopic (exact) mass is 349 g/mol. The number of carboxylic acid groups (broad SMARTS) is 1. The predicted octanol–water partition coefficient (Wildman–Crippen LogP) is 3.91. The molecule has 2 aromatic carbocycles. The summed E-state index contributed by atoms with van der Waals surface area (Å²) in [5.41, 5.74) is 2.28.